The molecule has 1 aliphatic heterocycles. The van der Waals surface area contributed by atoms with E-state index in [9.17, 15) is 9.59 Å². The summed E-state index contributed by atoms with van der Waals surface area (Å²) in [5.74, 6) is 0.518. The number of carbonyl (C=O) groups is 2. The highest BCUT2D eigenvalue weighted by molar-refractivity contribution is 6.03. The number of nitrogens with zero attached hydrogens (tertiary/aromatic N) is 5. The van der Waals surface area contributed by atoms with E-state index in [2.05, 4.69) is 16.0 Å². The van der Waals surface area contributed by atoms with Crippen molar-refractivity contribution in [2.75, 3.05) is 7.05 Å². The first-order valence-corrected chi connectivity index (χ1v) is 12.4. The van der Waals surface area contributed by atoms with Crippen LogP contribution >= 0.6 is 0 Å². The largest absolute Gasteiger partial charge is 0.333 e. The predicted molar refractivity (Wildman–Crippen MR) is 134 cm³/mol. The highest BCUT2D eigenvalue weighted by Gasteiger charge is 2.45. The van der Waals surface area contributed by atoms with Gasteiger partial charge in [-0.1, -0.05) is 12.1 Å². The summed E-state index contributed by atoms with van der Waals surface area (Å²) in [6.07, 6.45) is 9.30. The lowest BCUT2D eigenvalue weighted by Gasteiger charge is -2.36. The number of benzene rings is 1. The van der Waals surface area contributed by atoms with Crippen LogP contribution in [0.2, 0.25) is 0 Å². The molecule has 1 aromatic carbocycles. The van der Waals surface area contributed by atoms with Crippen molar-refractivity contribution in [3.63, 3.8) is 0 Å². The van der Waals surface area contributed by atoms with E-state index >= 15 is 0 Å². The Morgan fingerprint density at radius 1 is 1.11 bits per heavy atom. The highest BCUT2D eigenvalue weighted by atomic mass is 16.2. The van der Waals surface area contributed by atoms with Crippen LogP contribution in [0.15, 0.2) is 48.9 Å². The lowest BCUT2D eigenvalue weighted by Crippen LogP contribution is -2.44. The van der Waals surface area contributed by atoms with E-state index in [1.807, 2.05) is 48.4 Å². The molecule has 0 spiro atoms. The van der Waals surface area contributed by atoms with Gasteiger partial charge in [0, 0.05) is 53.8 Å². The van der Waals surface area contributed by atoms with Gasteiger partial charge in [-0.15, -0.1) is 0 Å². The Hall–Kier alpha value is -3.91. The van der Waals surface area contributed by atoms with Crippen molar-refractivity contribution in [2.45, 2.75) is 50.1 Å². The second kappa shape index (κ2) is 7.30. The van der Waals surface area contributed by atoms with Crippen LogP contribution in [0.5, 0.6) is 0 Å². The summed E-state index contributed by atoms with van der Waals surface area (Å²) in [5, 5.41) is 4.90. The topological polar surface area (TPSA) is 106 Å². The summed E-state index contributed by atoms with van der Waals surface area (Å²) < 4.78 is 1.88. The lowest BCUT2D eigenvalue weighted by atomic mass is 9.77. The zero-order valence-corrected chi connectivity index (χ0v) is 20.2. The molecular formula is C28H26N6O2. The number of aromatic nitrogens is 4. The molecule has 2 aliphatic carbocycles. The zero-order valence-electron chi connectivity index (χ0n) is 20.2. The zero-order chi connectivity index (χ0) is 24.8. The third kappa shape index (κ3) is 2.82. The Balaban J connectivity index is 1.39. The van der Waals surface area contributed by atoms with E-state index in [0.29, 0.717) is 23.4 Å². The number of amides is 1. The molecule has 180 valence electrons. The maximum Gasteiger partial charge on any atom is 0.254 e. The minimum absolute atomic E-state index is 0.0345. The summed E-state index contributed by atoms with van der Waals surface area (Å²) in [6.45, 7) is 1.56. The van der Waals surface area contributed by atoms with Crippen LogP contribution in [0, 0.1) is 0 Å². The first kappa shape index (κ1) is 21.4. The molecule has 7 rings (SSSR count). The van der Waals surface area contributed by atoms with Gasteiger partial charge in [-0.25, -0.2) is 14.5 Å². The van der Waals surface area contributed by atoms with Crippen LogP contribution in [-0.4, -0.2) is 43.2 Å². The highest BCUT2D eigenvalue weighted by Crippen LogP contribution is 2.52. The predicted octanol–water partition coefficient (Wildman–Crippen LogP) is 3.99. The summed E-state index contributed by atoms with van der Waals surface area (Å²) in [5.41, 5.74) is 12.9. The smallest absolute Gasteiger partial charge is 0.254 e. The van der Waals surface area contributed by atoms with Gasteiger partial charge < -0.3 is 10.6 Å². The van der Waals surface area contributed by atoms with E-state index in [-0.39, 0.29) is 23.7 Å². The number of rotatable bonds is 3. The third-order valence-corrected chi connectivity index (χ3v) is 8.35. The Bertz CT molecular complexity index is 1580. The quantitative estimate of drug-likeness (QED) is 0.446. The fraction of sp³-hybridized carbons (Fsp3) is 0.321. The molecule has 2 atom stereocenters. The van der Waals surface area contributed by atoms with Gasteiger partial charge in [0.05, 0.1) is 22.8 Å². The number of hydrogen-bond donors (Lipinski definition) is 1. The van der Waals surface area contributed by atoms with E-state index < -0.39 is 5.54 Å². The summed E-state index contributed by atoms with van der Waals surface area (Å²) in [4.78, 5) is 36.9. The van der Waals surface area contributed by atoms with Gasteiger partial charge in [0.25, 0.3) is 5.91 Å². The Morgan fingerprint density at radius 3 is 2.58 bits per heavy atom. The van der Waals surface area contributed by atoms with Crippen LogP contribution in [0.4, 0.5) is 0 Å². The van der Waals surface area contributed by atoms with Crippen LogP contribution < -0.4 is 5.73 Å². The first-order chi connectivity index (χ1) is 17.4. The Morgan fingerprint density at radius 2 is 1.89 bits per heavy atom. The van der Waals surface area contributed by atoms with Crippen molar-refractivity contribution in [1.82, 2.24) is 24.5 Å². The van der Waals surface area contributed by atoms with Crippen molar-refractivity contribution < 1.29 is 9.59 Å². The molecule has 8 heteroatoms. The number of Topliss-reactive ketones (excluding diaryl/α,β-unsaturated/α-hetero) is 1. The minimum Gasteiger partial charge on any atom is -0.333 e. The van der Waals surface area contributed by atoms with Crippen LogP contribution in [0.25, 0.3) is 16.6 Å². The number of pyridine rings is 1. The molecule has 0 unspecified atom stereocenters. The molecule has 36 heavy (non-hydrogen) atoms. The van der Waals surface area contributed by atoms with Crippen molar-refractivity contribution in [3.8, 4) is 11.1 Å². The second-order valence-corrected chi connectivity index (χ2v) is 10.4. The molecule has 1 fully saturated rings. The molecule has 1 amide bonds. The molecule has 8 nitrogen and oxygen atoms in total. The van der Waals surface area contributed by atoms with Gasteiger partial charge in [0.1, 0.15) is 5.82 Å². The molecule has 2 bridgehead atoms. The van der Waals surface area contributed by atoms with Gasteiger partial charge in [0.2, 0.25) is 0 Å². The monoisotopic (exact) mass is 478 g/mol. The van der Waals surface area contributed by atoms with Crippen molar-refractivity contribution >= 4 is 17.2 Å². The normalized spacial score (nSPS) is 21.6. The lowest BCUT2D eigenvalue weighted by molar-refractivity contribution is 0.0734. The number of carbonyl (C=O) groups excluding carboxylic acids is 2. The van der Waals surface area contributed by atoms with E-state index in [4.69, 9.17) is 10.8 Å². The number of ketones is 1. The Labute approximate surface area is 208 Å². The summed E-state index contributed by atoms with van der Waals surface area (Å²) in [7, 11) is 1.83. The molecule has 0 saturated heterocycles. The van der Waals surface area contributed by atoms with E-state index in [1.165, 1.54) is 0 Å². The molecule has 4 aromatic rings. The van der Waals surface area contributed by atoms with Gasteiger partial charge >= 0.3 is 0 Å². The minimum atomic E-state index is -0.393. The number of hydrogen-bond acceptors (Lipinski definition) is 6. The van der Waals surface area contributed by atoms with Crippen LogP contribution in [0.3, 0.4) is 0 Å². The molecule has 0 radical (unpaired) electrons. The maximum atomic E-state index is 13.3. The molecule has 4 heterocycles. The maximum absolute atomic E-state index is 13.3. The van der Waals surface area contributed by atoms with Gasteiger partial charge in [-0.05, 0) is 61.9 Å². The average Bonchev–Trinajstić information content (AvgIpc) is 3.40. The van der Waals surface area contributed by atoms with Gasteiger partial charge in [-0.3, -0.25) is 9.59 Å². The molecule has 2 N–H and O–H groups in total. The van der Waals surface area contributed by atoms with Gasteiger partial charge in [-0.2, -0.15) is 5.10 Å². The van der Waals surface area contributed by atoms with Gasteiger partial charge in [0.15, 0.2) is 5.78 Å². The average molecular weight is 479 g/mol. The summed E-state index contributed by atoms with van der Waals surface area (Å²) >= 11 is 0. The second-order valence-electron chi connectivity index (χ2n) is 10.4. The fourth-order valence-electron chi connectivity index (χ4n) is 6.20. The third-order valence-electron chi connectivity index (χ3n) is 8.35. The van der Waals surface area contributed by atoms with Crippen LogP contribution in [-0.2, 0) is 5.54 Å². The van der Waals surface area contributed by atoms with Crippen molar-refractivity contribution in [1.29, 1.82) is 0 Å². The Kier molecular flexibility index (Phi) is 4.34. The molecular weight excluding hydrogens is 452 g/mol. The molecule has 1 saturated carbocycles. The standard InChI is InChI=1S/C28H26N6O2/c1-15(35)18-5-3-6-19-23(18)20-12-22(33(2)26(19)36)25-24(20)21-11-16(7-10-34(21)32-25)17-13-30-27(31-14-17)28(29)8-4-9-28/h3,5-7,10-11,13-14,20,22H,4,8-9,12,29H2,1-2H3/t20-,22-/m1/s1. The molecule has 3 aliphatic rings. The molecule has 3 aromatic heterocycles. The summed E-state index contributed by atoms with van der Waals surface area (Å²) in [6, 6.07) is 9.44. The van der Waals surface area contributed by atoms with Crippen molar-refractivity contribution in [2.24, 2.45) is 5.73 Å². The van der Waals surface area contributed by atoms with Crippen LogP contribution in [0.1, 0.15) is 87.9 Å². The van der Waals surface area contributed by atoms with Crippen molar-refractivity contribution in [3.05, 3.63) is 82.7 Å². The van der Waals surface area contributed by atoms with E-state index in [0.717, 1.165) is 52.7 Å². The number of nitrogens with two attached hydrogens (primary N) is 1. The number of fused-ring (bicyclic) bond motifs is 9. The first-order valence-electron chi connectivity index (χ1n) is 12.4. The fourth-order valence-corrected chi connectivity index (χ4v) is 6.20. The van der Waals surface area contributed by atoms with E-state index in [1.54, 1.807) is 17.9 Å². The SMILES string of the molecule is CC(=O)c1cccc2c1[C@H]1C[C@H](c3nn4ccc(-c5cnc(C6(N)CCC6)nc5)cc4c31)N(C)C2=O.